The van der Waals surface area contributed by atoms with E-state index in [2.05, 4.69) is 11.9 Å². The highest BCUT2D eigenvalue weighted by Gasteiger charge is 2.21. The molecular weight excluding hydrogens is 310 g/mol. The van der Waals surface area contributed by atoms with Crippen LogP contribution in [0.4, 0.5) is 0 Å². The highest BCUT2D eigenvalue weighted by molar-refractivity contribution is 6.35. The van der Waals surface area contributed by atoms with E-state index in [1.165, 1.54) is 25.7 Å². The molecule has 3 rings (SSSR count). The molecule has 4 heteroatoms. The molecule has 1 atom stereocenters. The van der Waals surface area contributed by atoms with E-state index in [-0.39, 0.29) is 0 Å². The van der Waals surface area contributed by atoms with Crippen LogP contribution in [-0.2, 0) is 0 Å². The first kappa shape index (κ1) is 16.4. The van der Waals surface area contributed by atoms with Crippen molar-refractivity contribution < 1.29 is 9.47 Å². The summed E-state index contributed by atoms with van der Waals surface area (Å²) in [6.07, 6.45) is 6.59. The topological polar surface area (TPSA) is 31.4 Å². The van der Waals surface area contributed by atoms with Gasteiger partial charge in [-0.25, -0.2) is 4.98 Å². The number of rotatable bonds is 6. The Kier molecular flexibility index (Phi) is 5.27. The number of fused-ring (bicyclic) bond motifs is 1. The van der Waals surface area contributed by atoms with Crippen molar-refractivity contribution in [3.05, 3.63) is 29.3 Å². The fourth-order valence-electron chi connectivity index (χ4n) is 3.51. The van der Waals surface area contributed by atoms with Gasteiger partial charge in [-0.2, -0.15) is 0 Å². The first-order valence-electron chi connectivity index (χ1n) is 8.45. The van der Waals surface area contributed by atoms with E-state index in [1.807, 2.05) is 24.3 Å². The molecule has 1 heterocycles. The third-order valence-electron chi connectivity index (χ3n) is 4.98. The molecule has 3 nitrogen and oxygen atoms in total. The average Bonchev–Trinajstić information content (AvgIpc) is 3.09. The molecule has 1 aliphatic rings. The highest BCUT2D eigenvalue weighted by Crippen LogP contribution is 2.34. The van der Waals surface area contributed by atoms with Crippen LogP contribution in [0.25, 0.3) is 10.9 Å². The maximum Gasteiger partial charge on any atom is 0.217 e. The predicted molar refractivity (Wildman–Crippen MR) is 94.5 cm³/mol. The number of hydrogen-bond acceptors (Lipinski definition) is 3. The third-order valence-corrected chi connectivity index (χ3v) is 5.28. The number of hydrogen-bond donors (Lipinski definition) is 0. The van der Waals surface area contributed by atoms with Crippen LogP contribution in [0.3, 0.4) is 0 Å². The summed E-state index contributed by atoms with van der Waals surface area (Å²) in [5.41, 5.74) is 0.729. The second-order valence-corrected chi connectivity index (χ2v) is 6.86. The van der Waals surface area contributed by atoms with Gasteiger partial charge in [0, 0.05) is 11.5 Å². The molecule has 1 aromatic heterocycles. The zero-order valence-electron chi connectivity index (χ0n) is 13.8. The van der Waals surface area contributed by atoms with Crippen molar-refractivity contribution >= 4 is 22.5 Å². The van der Waals surface area contributed by atoms with Crippen molar-refractivity contribution in [1.29, 1.82) is 0 Å². The van der Waals surface area contributed by atoms with Gasteiger partial charge in [-0.15, -0.1) is 0 Å². The van der Waals surface area contributed by atoms with Crippen molar-refractivity contribution in [3.8, 4) is 11.6 Å². The Balaban J connectivity index is 1.69. The van der Waals surface area contributed by atoms with E-state index in [9.17, 15) is 0 Å². The molecule has 2 aromatic rings. The van der Waals surface area contributed by atoms with E-state index in [0.29, 0.717) is 23.4 Å². The van der Waals surface area contributed by atoms with Crippen molar-refractivity contribution in [1.82, 2.24) is 4.98 Å². The van der Waals surface area contributed by atoms with E-state index in [4.69, 9.17) is 21.1 Å². The number of nitrogens with zero attached hydrogens (tertiary/aromatic N) is 1. The molecule has 0 bridgehead atoms. The second kappa shape index (κ2) is 7.39. The lowest BCUT2D eigenvalue weighted by Crippen LogP contribution is -2.12. The molecule has 1 saturated carbocycles. The molecule has 0 aliphatic heterocycles. The Bertz CT molecular complexity index is 668. The van der Waals surface area contributed by atoms with Gasteiger partial charge in [0.2, 0.25) is 5.88 Å². The quantitative estimate of drug-likeness (QED) is 0.700. The van der Waals surface area contributed by atoms with Crippen molar-refractivity contribution in [2.45, 2.75) is 39.0 Å². The van der Waals surface area contributed by atoms with E-state index >= 15 is 0 Å². The Hall–Kier alpha value is -1.48. The van der Waals surface area contributed by atoms with E-state index in [0.717, 1.165) is 29.0 Å². The van der Waals surface area contributed by atoms with Crippen molar-refractivity contribution in [3.63, 3.8) is 0 Å². The number of aromatic nitrogens is 1. The molecule has 0 amide bonds. The van der Waals surface area contributed by atoms with Gasteiger partial charge in [0.25, 0.3) is 0 Å². The first-order chi connectivity index (χ1) is 11.2. The van der Waals surface area contributed by atoms with Gasteiger partial charge in [-0.1, -0.05) is 50.3 Å². The Morgan fingerprint density at radius 3 is 2.83 bits per heavy atom. The summed E-state index contributed by atoms with van der Waals surface area (Å²) in [5, 5.41) is 1.53. The summed E-state index contributed by atoms with van der Waals surface area (Å²) in [6, 6.07) is 7.54. The van der Waals surface area contributed by atoms with Crippen LogP contribution in [0.5, 0.6) is 11.6 Å². The molecule has 1 fully saturated rings. The van der Waals surface area contributed by atoms with Gasteiger partial charge < -0.3 is 9.47 Å². The van der Waals surface area contributed by atoms with Crippen LogP contribution >= 0.6 is 11.6 Å². The summed E-state index contributed by atoms with van der Waals surface area (Å²) in [5.74, 6) is 2.91. The van der Waals surface area contributed by atoms with E-state index < -0.39 is 0 Å². The van der Waals surface area contributed by atoms with Crippen LogP contribution in [0, 0.1) is 11.8 Å². The maximum absolute atomic E-state index is 6.25. The first-order valence-corrected chi connectivity index (χ1v) is 8.83. The molecule has 1 unspecified atom stereocenters. The van der Waals surface area contributed by atoms with Crippen LogP contribution in [0.15, 0.2) is 24.3 Å². The molecule has 0 spiro atoms. The minimum Gasteiger partial charge on any atom is -0.496 e. The Labute approximate surface area is 143 Å². The summed E-state index contributed by atoms with van der Waals surface area (Å²) in [7, 11) is 1.65. The van der Waals surface area contributed by atoms with Gasteiger partial charge in [-0.05, 0) is 30.4 Å². The van der Waals surface area contributed by atoms with E-state index in [1.54, 1.807) is 7.11 Å². The smallest absolute Gasteiger partial charge is 0.217 e. The summed E-state index contributed by atoms with van der Waals surface area (Å²) in [4.78, 5) is 4.54. The molecule has 1 aliphatic carbocycles. The Morgan fingerprint density at radius 1 is 1.30 bits per heavy atom. The highest BCUT2D eigenvalue weighted by atomic mass is 35.5. The molecule has 0 N–H and O–H groups in total. The summed E-state index contributed by atoms with van der Waals surface area (Å²) >= 11 is 6.25. The van der Waals surface area contributed by atoms with Crippen molar-refractivity contribution in [2.75, 3.05) is 13.7 Å². The fraction of sp³-hybridized carbons (Fsp3) is 0.526. The normalized spacial score (nSPS) is 16.7. The van der Waals surface area contributed by atoms with Crippen LogP contribution in [0.1, 0.15) is 39.0 Å². The monoisotopic (exact) mass is 333 g/mol. The standard InChI is InChI=1S/C19H24ClNO2/c1-13(14-6-3-4-7-14)10-11-23-18-12-17(22-2)15-8-5-9-16(20)19(15)21-18/h5,8-9,12-14H,3-4,6-7,10-11H2,1-2H3. The van der Waals surface area contributed by atoms with Gasteiger partial charge in [0.05, 0.1) is 24.3 Å². The molecule has 0 radical (unpaired) electrons. The largest absolute Gasteiger partial charge is 0.496 e. The SMILES string of the molecule is COc1cc(OCCC(C)C2CCCC2)nc2c(Cl)cccc12. The van der Waals surface area contributed by atoms with Crippen molar-refractivity contribution in [2.24, 2.45) is 11.8 Å². The molecule has 124 valence electrons. The van der Waals surface area contributed by atoms with Gasteiger partial charge in [0.15, 0.2) is 0 Å². The van der Waals surface area contributed by atoms with Crippen LogP contribution < -0.4 is 9.47 Å². The Morgan fingerprint density at radius 2 is 2.09 bits per heavy atom. The zero-order valence-corrected chi connectivity index (χ0v) is 14.6. The van der Waals surface area contributed by atoms with Crippen LogP contribution in [0.2, 0.25) is 5.02 Å². The molecular formula is C19H24ClNO2. The summed E-state index contributed by atoms with van der Waals surface area (Å²) < 4.78 is 11.3. The number of ether oxygens (including phenoxy) is 2. The minimum absolute atomic E-state index is 0.584. The number of pyridine rings is 1. The third kappa shape index (κ3) is 3.72. The number of methoxy groups -OCH3 is 1. The number of halogens is 1. The van der Waals surface area contributed by atoms with Crippen LogP contribution in [-0.4, -0.2) is 18.7 Å². The van der Waals surface area contributed by atoms with Gasteiger partial charge in [0.1, 0.15) is 5.75 Å². The minimum atomic E-state index is 0.584. The van der Waals surface area contributed by atoms with Gasteiger partial charge in [-0.3, -0.25) is 0 Å². The lowest BCUT2D eigenvalue weighted by molar-refractivity contribution is 0.240. The maximum atomic E-state index is 6.25. The predicted octanol–water partition coefficient (Wildman–Crippen LogP) is 5.49. The fourth-order valence-corrected chi connectivity index (χ4v) is 3.73. The second-order valence-electron chi connectivity index (χ2n) is 6.46. The number of para-hydroxylation sites is 1. The number of benzene rings is 1. The zero-order chi connectivity index (χ0) is 16.2. The molecule has 0 saturated heterocycles. The molecule has 1 aromatic carbocycles. The van der Waals surface area contributed by atoms with Gasteiger partial charge >= 0.3 is 0 Å². The molecule has 23 heavy (non-hydrogen) atoms. The lowest BCUT2D eigenvalue weighted by Gasteiger charge is -2.18. The lowest BCUT2D eigenvalue weighted by atomic mass is 9.90. The summed E-state index contributed by atoms with van der Waals surface area (Å²) in [6.45, 7) is 3.02. The average molecular weight is 334 g/mol.